The molecule has 0 spiro atoms. The Hall–Kier alpha value is -3.23. The van der Waals surface area contributed by atoms with Crippen molar-refractivity contribution in [2.75, 3.05) is 6.54 Å². The zero-order chi connectivity index (χ0) is 33.3. The normalized spacial score (nSPS) is 27.5. The maximum atomic E-state index is 15.0. The molecule has 1 saturated carbocycles. The van der Waals surface area contributed by atoms with Crippen LogP contribution in [0.5, 0.6) is 0 Å². The molecule has 5 rings (SSSR count). The molecule has 0 bridgehead atoms. The average molecular weight is 668 g/mol. The van der Waals surface area contributed by atoms with Gasteiger partial charge in [-0.1, -0.05) is 31.2 Å². The Morgan fingerprint density at radius 2 is 1.62 bits per heavy atom. The van der Waals surface area contributed by atoms with Gasteiger partial charge in [-0.3, -0.25) is 9.59 Å². The number of carboxylic acids is 1. The van der Waals surface area contributed by atoms with E-state index in [1.165, 1.54) is 4.90 Å². The number of carbonyl (C=O) groups excluding carboxylic acids is 1. The number of halogens is 8. The highest BCUT2D eigenvalue weighted by Crippen LogP contribution is 2.57. The van der Waals surface area contributed by atoms with Gasteiger partial charge in [-0.15, -0.1) is 0 Å². The van der Waals surface area contributed by atoms with Gasteiger partial charge >= 0.3 is 24.0 Å². The molecule has 3 unspecified atom stereocenters. The lowest BCUT2D eigenvalue weighted by atomic mass is 9.73. The van der Waals surface area contributed by atoms with Crippen molar-refractivity contribution in [3.05, 3.63) is 65.0 Å². The molecule has 1 heterocycles. The molecule has 5 atom stereocenters. The maximum Gasteiger partial charge on any atom is 0.435 e. The Balaban J connectivity index is 1.64. The van der Waals surface area contributed by atoms with Crippen LogP contribution in [0, 0.1) is 23.6 Å². The lowest BCUT2D eigenvalue weighted by molar-refractivity contribution is -0.348. The third-order valence-electron chi connectivity index (χ3n) is 9.77. The fourth-order valence-electron chi connectivity index (χ4n) is 7.54. The van der Waals surface area contributed by atoms with Gasteiger partial charge in [0.2, 0.25) is 5.91 Å². The predicted octanol–water partition coefficient (Wildman–Crippen LogP) is 6.47. The SMILES string of the molecule is C[C@H]1CC(C(=O)O)CC[C@H]1C(=O)N1CCC2(S(=O)(=O)c3cccc(F)c3)c3ccc(C(F)(C(F)(F)F)C(F)(F)F)cc3CCC12. The molecular weight excluding hydrogens is 638 g/mol. The highest BCUT2D eigenvalue weighted by Gasteiger charge is 2.74. The van der Waals surface area contributed by atoms with Crippen molar-refractivity contribution in [2.24, 2.45) is 17.8 Å². The van der Waals surface area contributed by atoms with E-state index in [0.29, 0.717) is 6.07 Å². The molecule has 2 fully saturated rings. The van der Waals surface area contributed by atoms with Gasteiger partial charge in [0.1, 0.15) is 10.6 Å². The van der Waals surface area contributed by atoms with Crippen molar-refractivity contribution < 1.29 is 58.2 Å². The van der Waals surface area contributed by atoms with Crippen LogP contribution in [-0.4, -0.2) is 55.2 Å². The number of alkyl halides is 7. The van der Waals surface area contributed by atoms with Crippen molar-refractivity contribution in [3.63, 3.8) is 0 Å². The van der Waals surface area contributed by atoms with Gasteiger partial charge in [-0.2, -0.15) is 26.3 Å². The number of nitrogens with zero attached hydrogens (tertiary/aromatic N) is 1. The number of rotatable bonds is 5. The van der Waals surface area contributed by atoms with E-state index in [9.17, 15) is 53.8 Å². The third-order valence-corrected chi connectivity index (χ3v) is 12.3. The maximum absolute atomic E-state index is 15.0. The van der Waals surface area contributed by atoms with E-state index in [0.717, 1.165) is 30.3 Å². The standard InChI is InChI=1S/C30H29F8NO5S/c1-16-13-18(26(41)42)5-8-22(16)25(40)39-12-11-27(45(43,44)21-4-2-3-20(31)15-21)23-9-7-19(14-17(23)6-10-24(27)39)28(32,29(33,34)35)30(36,37)38/h2-4,7,9,14-16,18,22,24H,5-6,8,10-13H2,1H3,(H,41,42)/t16-,18?,22+,24?,27?/m0/s1. The van der Waals surface area contributed by atoms with Crippen molar-refractivity contribution in [3.8, 4) is 0 Å². The van der Waals surface area contributed by atoms with Crippen LogP contribution in [0.3, 0.4) is 0 Å². The van der Waals surface area contributed by atoms with Crippen LogP contribution >= 0.6 is 0 Å². The van der Waals surface area contributed by atoms with Gasteiger partial charge in [-0.25, -0.2) is 17.2 Å². The topological polar surface area (TPSA) is 91.8 Å². The monoisotopic (exact) mass is 667 g/mol. The van der Waals surface area contributed by atoms with Crippen LogP contribution < -0.4 is 0 Å². The molecule has 246 valence electrons. The number of aliphatic carboxylic acids is 1. The number of hydrogen-bond donors (Lipinski definition) is 1. The first-order valence-electron chi connectivity index (χ1n) is 14.3. The van der Waals surface area contributed by atoms with E-state index in [1.54, 1.807) is 6.92 Å². The van der Waals surface area contributed by atoms with Crippen molar-refractivity contribution in [1.82, 2.24) is 4.90 Å². The first-order valence-corrected chi connectivity index (χ1v) is 15.8. The van der Waals surface area contributed by atoms with E-state index in [4.69, 9.17) is 0 Å². The van der Waals surface area contributed by atoms with Crippen LogP contribution in [0.2, 0.25) is 0 Å². The predicted molar refractivity (Wildman–Crippen MR) is 143 cm³/mol. The largest absolute Gasteiger partial charge is 0.481 e. The molecule has 1 amide bonds. The highest BCUT2D eigenvalue weighted by molar-refractivity contribution is 7.92. The molecule has 6 nitrogen and oxygen atoms in total. The minimum absolute atomic E-state index is 0.150. The Morgan fingerprint density at radius 1 is 0.956 bits per heavy atom. The molecule has 0 aromatic heterocycles. The minimum Gasteiger partial charge on any atom is -0.481 e. The summed E-state index contributed by atoms with van der Waals surface area (Å²) >= 11 is 0. The molecule has 2 aliphatic carbocycles. The molecule has 2 aromatic rings. The van der Waals surface area contributed by atoms with Gasteiger partial charge in [0.15, 0.2) is 9.84 Å². The number of amides is 1. The van der Waals surface area contributed by atoms with Gasteiger partial charge in [0, 0.05) is 18.0 Å². The molecule has 3 aliphatic rings. The van der Waals surface area contributed by atoms with Crippen LogP contribution in [0.25, 0.3) is 0 Å². The summed E-state index contributed by atoms with van der Waals surface area (Å²) < 4.78 is 137. The smallest absolute Gasteiger partial charge is 0.435 e. The number of benzene rings is 2. The summed E-state index contributed by atoms with van der Waals surface area (Å²) in [6.45, 7) is 1.57. The zero-order valence-corrected chi connectivity index (χ0v) is 24.6. The van der Waals surface area contributed by atoms with E-state index in [1.807, 2.05) is 0 Å². The van der Waals surface area contributed by atoms with Crippen LogP contribution in [0.15, 0.2) is 47.4 Å². The molecule has 0 radical (unpaired) electrons. The van der Waals surface area contributed by atoms with Crippen LogP contribution in [0.1, 0.15) is 55.7 Å². The molecule has 1 aliphatic heterocycles. The highest BCUT2D eigenvalue weighted by atomic mass is 32.2. The fourth-order valence-corrected chi connectivity index (χ4v) is 9.94. The Labute approximate surface area is 253 Å². The summed E-state index contributed by atoms with van der Waals surface area (Å²) in [7, 11) is -4.68. The summed E-state index contributed by atoms with van der Waals surface area (Å²) in [5.41, 5.74) is -7.93. The van der Waals surface area contributed by atoms with E-state index in [-0.39, 0.29) is 68.2 Å². The van der Waals surface area contributed by atoms with Crippen molar-refractivity contribution in [1.29, 1.82) is 0 Å². The minimum atomic E-state index is -6.38. The molecule has 1 N–H and O–H groups in total. The molecule has 2 aromatic carbocycles. The van der Waals surface area contributed by atoms with Crippen molar-refractivity contribution in [2.45, 2.75) is 79.2 Å². The average Bonchev–Trinajstić information content (AvgIpc) is 3.36. The lowest BCUT2D eigenvalue weighted by Gasteiger charge is -2.44. The number of sulfone groups is 1. The van der Waals surface area contributed by atoms with E-state index < -0.39 is 78.6 Å². The second-order valence-corrected chi connectivity index (χ2v) is 14.4. The molecule has 45 heavy (non-hydrogen) atoms. The number of fused-ring (bicyclic) bond motifs is 3. The van der Waals surface area contributed by atoms with Crippen LogP contribution in [-0.2, 0) is 36.3 Å². The lowest BCUT2D eigenvalue weighted by Crippen LogP contribution is -2.54. The first-order chi connectivity index (χ1) is 20.8. The van der Waals surface area contributed by atoms with E-state index >= 15 is 4.39 Å². The van der Waals surface area contributed by atoms with Gasteiger partial charge < -0.3 is 10.0 Å². The van der Waals surface area contributed by atoms with Gasteiger partial charge in [0.25, 0.3) is 0 Å². The number of carbonyl (C=O) groups is 2. The third kappa shape index (κ3) is 4.99. The summed E-state index contributed by atoms with van der Waals surface area (Å²) in [6.07, 6.45) is -12.9. The quantitative estimate of drug-likeness (QED) is 0.370. The fraction of sp³-hybridized carbons (Fsp3) is 0.533. The number of likely N-dealkylation sites (tertiary alicyclic amines) is 1. The van der Waals surface area contributed by atoms with E-state index in [2.05, 4.69) is 0 Å². The van der Waals surface area contributed by atoms with Gasteiger partial charge in [-0.05, 0) is 73.8 Å². The summed E-state index contributed by atoms with van der Waals surface area (Å²) in [5, 5.41) is 9.41. The van der Waals surface area contributed by atoms with Gasteiger partial charge in [0.05, 0.1) is 16.9 Å². The second-order valence-electron chi connectivity index (χ2n) is 12.1. The number of aryl methyl sites for hydroxylation is 1. The second kappa shape index (κ2) is 10.9. The number of carboxylic acid groups (broad SMARTS) is 1. The van der Waals surface area contributed by atoms with Crippen LogP contribution in [0.4, 0.5) is 35.1 Å². The molecular formula is C30H29F8NO5S. The summed E-state index contributed by atoms with van der Waals surface area (Å²) in [5.74, 6) is -4.02. The molecule has 15 heteroatoms. The summed E-state index contributed by atoms with van der Waals surface area (Å²) in [6, 6.07) is 4.22. The first kappa shape index (κ1) is 33.1. The Morgan fingerprint density at radius 3 is 2.20 bits per heavy atom. The Bertz CT molecular complexity index is 1610. The Kier molecular flexibility index (Phi) is 8.06. The molecule has 1 saturated heterocycles. The number of hydrogen-bond acceptors (Lipinski definition) is 4. The summed E-state index contributed by atoms with van der Waals surface area (Å²) in [4.78, 5) is 26.3. The zero-order valence-electron chi connectivity index (χ0n) is 23.8. The van der Waals surface area contributed by atoms with Crippen molar-refractivity contribution >= 4 is 21.7 Å².